The fraction of sp³-hybridized carbons (Fsp3) is 0.200. The van der Waals surface area contributed by atoms with Gasteiger partial charge in [0.1, 0.15) is 0 Å². The van der Waals surface area contributed by atoms with E-state index in [-0.39, 0.29) is 6.61 Å². The molecule has 0 bridgehead atoms. The molecular formula is C15H15N3O2S. The van der Waals surface area contributed by atoms with Crippen molar-refractivity contribution < 1.29 is 9.63 Å². The Labute approximate surface area is 126 Å². The second kappa shape index (κ2) is 6.15. The lowest BCUT2D eigenvalue weighted by Gasteiger charge is -2.01. The van der Waals surface area contributed by atoms with Crippen molar-refractivity contribution in [3.63, 3.8) is 0 Å². The summed E-state index contributed by atoms with van der Waals surface area (Å²) in [4.78, 5) is 4.27. The van der Waals surface area contributed by atoms with Crippen LogP contribution in [0.3, 0.4) is 0 Å². The van der Waals surface area contributed by atoms with E-state index in [0.29, 0.717) is 5.75 Å². The summed E-state index contributed by atoms with van der Waals surface area (Å²) in [7, 11) is 1.89. The summed E-state index contributed by atoms with van der Waals surface area (Å²) in [5, 5.41) is 14.1. The van der Waals surface area contributed by atoms with Gasteiger partial charge in [-0.25, -0.2) is 4.98 Å². The predicted molar refractivity (Wildman–Crippen MR) is 80.6 cm³/mol. The van der Waals surface area contributed by atoms with Crippen LogP contribution in [0.5, 0.6) is 0 Å². The van der Waals surface area contributed by atoms with Gasteiger partial charge in [0.05, 0.1) is 24.2 Å². The van der Waals surface area contributed by atoms with E-state index in [2.05, 4.69) is 10.1 Å². The maximum atomic E-state index is 9.15. The second-order valence-electron chi connectivity index (χ2n) is 4.59. The summed E-state index contributed by atoms with van der Waals surface area (Å²) < 4.78 is 7.24. The van der Waals surface area contributed by atoms with E-state index in [0.717, 1.165) is 27.9 Å². The molecule has 0 aliphatic rings. The fourth-order valence-electron chi connectivity index (χ4n) is 1.96. The van der Waals surface area contributed by atoms with Gasteiger partial charge in [0, 0.05) is 24.4 Å². The van der Waals surface area contributed by atoms with E-state index in [1.165, 1.54) is 0 Å². The molecule has 0 atom stereocenters. The lowest BCUT2D eigenvalue weighted by molar-refractivity contribution is 0.271. The molecule has 5 nitrogen and oxygen atoms in total. The van der Waals surface area contributed by atoms with Gasteiger partial charge in [0.15, 0.2) is 10.9 Å². The summed E-state index contributed by atoms with van der Waals surface area (Å²) >= 11 is 1.56. The molecular weight excluding hydrogens is 286 g/mol. The topological polar surface area (TPSA) is 64.1 Å². The largest absolute Gasteiger partial charge is 0.390 e. The average molecular weight is 301 g/mol. The second-order valence-corrected chi connectivity index (χ2v) is 5.53. The van der Waals surface area contributed by atoms with E-state index < -0.39 is 0 Å². The molecule has 0 saturated carbocycles. The van der Waals surface area contributed by atoms with Gasteiger partial charge >= 0.3 is 0 Å². The van der Waals surface area contributed by atoms with Crippen molar-refractivity contribution in [2.45, 2.75) is 17.5 Å². The summed E-state index contributed by atoms with van der Waals surface area (Å²) in [6.45, 7) is -0.00776. The Morgan fingerprint density at radius 2 is 2.10 bits per heavy atom. The minimum absolute atomic E-state index is 0.00776. The highest BCUT2D eigenvalue weighted by atomic mass is 32.2. The van der Waals surface area contributed by atoms with Crippen molar-refractivity contribution in [3.8, 4) is 11.3 Å². The van der Waals surface area contributed by atoms with Crippen molar-refractivity contribution in [3.05, 3.63) is 54.0 Å². The molecule has 2 aromatic heterocycles. The van der Waals surface area contributed by atoms with Gasteiger partial charge in [0.25, 0.3) is 0 Å². The van der Waals surface area contributed by atoms with Crippen LogP contribution in [0.1, 0.15) is 11.4 Å². The van der Waals surface area contributed by atoms with Crippen LogP contribution in [-0.2, 0) is 19.4 Å². The molecule has 3 aromatic rings. The van der Waals surface area contributed by atoms with Gasteiger partial charge in [-0.3, -0.25) is 0 Å². The van der Waals surface area contributed by atoms with Crippen molar-refractivity contribution in [1.29, 1.82) is 0 Å². The fourth-order valence-corrected chi connectivity index (χ4v) is 2.81. The number of rotatable bonds is 5. The first kappa shape index (κ1) is 13.9. The Hall–Kier alpha value is -2.05. The Balaban J connectivity index is 1.69. The molecule has 0 radical (unpaired) electrons. The number of aliphatic hydroxyl groups is 1. The number of nitrogens with zero attached hydrogens (tertiary/aromatic N) is 3. The average Bonchev–Trinajstić information content (AvgIpc) is 3.13. The zero-order valence-electron chi connectivity index (χ0n) is 11.6. The summed E-state index contributed by atoms with van der Waals surface area (Å²) in [6.07, 6.45) is 1.68. The molecule has 2 heterocycles. The van der Waals surface area contributed by atoms with Gasteiger partial charge in [-0.1, -0.05) is 47.3 Å². The molecule has 0 unspecified atom stereocenters. The van der Waals surface area contributed by atoms with Gasteiger partial charge in [0.2, 0.25) is 0 Å². The lowest BCUT2D eigenvalue weighted by atomic mass is 10.2. The first-order valence-electron chi connectivity index (χ1n) is 6.53. The predicted octanol–water partition coefficient (Wildman–Crippen LogP) is 2.86. The van der Waals surface area contributed by atoms with Crippen LogP contribution in [0.15, 0.2) is 52.3 Å². The Bertz CT molecular complexity index is 722. The molecule has 6 heteroatoms. The summed E-state index contributed by atoms with van der Waals surface area (Å²) in [5.74, 6) is 1.44. The number of imidazole rings is 1. The van der Waals surface area contributed by atoms with Crippen LogP contribution >= 0.6 is 11.8 Å². The van der Waals surface area contributed by atoms with Crippen LogP contribution in [-0.4, -0.2) is 19.8 Å². The zero-order chi connectivity index (χ0) is 14.7. The van der Waals surface area contributed by atoms with Gasteiger partial charge in [-0.15, -0.1) is 0 Å². The number of benzene rings is 1. The van der Waals surface area contributed by atoms with Crippen LogP contribution in [0, 0.1) is 0 Å². The molecule has 0 spiro atoms. The minimum atomic E-state index is -0.00776. The monoisotopic (exact) mass is 301 g/mol. The van der Waals surface area contributed by atoms with E-state index in [1.807, 2.05) is 48.0 Å². The van der Waals surface area contributed by atoms with E-state index >= 15 is 0 Å². The molecule has 3 rings (SSSR count). The van der Waals surface area contributed by atoms with Crippen molar-refractivity contribution in [2.75, 3.05) is 0 Å². The highest BCUT2D eigenvalue weighted by molar-refractivity contribution is 7.98. The molecule has 108 valence electrons. The lowest BCUT2D eigenvalue weighted by Crippen LogP contribution is -1.97. The van der Waals surface area contributed by atoms with Gasteiger partial charge < -0.3 is 14.2 Å². The number of hydrogen-bond donors (Lipinski definition) is 1. The first-order valence-corrected chi connectivity index (χ1v) is 7.51. The molecule has 0 fully saturated rings. The van der Waals surface area contributed by atoms with Crippen LogP contribution in [0.25, 0.3) is 11.3 Å². The maximum Gasteiger partial charge on any atom is 0.168 e. The highest BCUT2D eigenvalue weighted by Gasteiger charge is 2.10. The minimum Gasteiger partial charge on any atom is -0.390 e. The molecule has 0 amide bonds. The number of aromatic nitrogens is 3. The zero-order valence-corrected chi connectivity index (χ0v) is 12.4. The molecule has 21 heavy (non-hydrogen) atoms. The number of aliphatic hydroxyl groups excluding tert-OH is 1. The highest BCUT2D eigenvalue weighted by Crippen LogP contribution is 2.25. The summed E-state index contributed by atoms with van der Waals surface area (Å²) in [6, 6.07) is 11.8. The number of thioether (sulfide) groups is 1. The molecule has 1 N–H and O–H groups in total. The van der Waals surface area contributed by atoms with E-state index in [1.54, 1.807) is 18.0 Å². The third-order valence-corrected chi connectivity index (χ3v) is 4.25. The third-order valence-electron chi connectivity index (χ3n) is 3.17. The van der Waals surface area contributed by atoms with Crippen molar-refractivity contribution in [2.24, 2.45) is 7.05 Å². The van der Waals surface area contributed by atoms with Gasteiger partial charge in [-0.05, 0) is 0 Å². The van der Waals surface area contributed by atoms with E-state index in [4.69, 9.17) is 9.63 Å². The Morgan fingerprint density at radius 1 is 1.29 bits per heavy atom. The summed E-state index contributed by atoms with van der Waals surface area (Å²) in [5.41, 5.74) is 2.68. The molecule has 0 saturated heterocycles. The van der Waals surface area contributed by atoms with Crippen molar-refractivity contribution in [1.82, 2.24) is 14.7 Å². The maximum absolute atomic E-state index is 9.15. The SMILES string of the molecule is Cn1c(CO)cnc1SCc1cc(-c2ccccc2)on1. The third kappa shape index (κ3) is 3.01. The Kier molecular flexibility index (Phi) is 4.08. The standard InChI is InChI=1S/C15H15N3O2S/c1-18-13(9-19)8-16-15(18)21-10-12-7-14(20-17-12)11-5-3-2-4-6-11/h2-8,19H,9-10H2,1H3. The number of hydrogen-bond acceptors (Lipinski definition) is 5. The normalized spacial score (nSPS) is 11.0. The van der Waals surface area contributed by atoms with Crippen molar-refractivity contribution >= 4 is 11.8 Å². The first-order chi connectivity index (χ1) is 10.3. The van der Waals surface area contributed by atoms with Crippen LogP contribution in [0.4, 0.5) is 0 Å². The van der Waals surface area contributed by atoms with E-state index in [9.17, 15) is 0 Å². The molecule has 0 aliphatic heterocycles. The molecule has 0 aliphatic carbocycles. The smallest absolute Gasteiger partial charge is 0.168 e. The van der Waals surface area contributed by atoms with Gasteiger partial charge in [-0.2, -0.15) is 0 Å². The van der Waals surface area contributed by atoms with Crippen LogP contribution in [0.2, 0.25) is 0 Å². The molecule has 1 aromatic carbocycles. The quantitative estimate of drug-likeness (QED) is 0.734. The van der Waals surface area contributed by atoms with Crippen LogP contribution < -0.4 is 0 Å². The Morgan fingerprint density at radius 3 is 2.81 bits per heavy atom.